The number of carbonyl (C=O) groups excluding carboxylic acids is 1. The van der Waals surface area contributed by atoms with Crippen LogP contribution in [0.5, 0.6) is 11.5 Å². The van der Waals surface area contributed by atoms with Crippen LogP contribution in [-0.4, -0.2) is 19.1 Å². The van der Waals surface area contributed by atoms with Gasteiger partial charge in [0.25, 0.3) is 5.91 Å². The Morgan fingerprint density at radius 1 is 1.16 bits per heavy atom. The van der Waals surface area contributed by atoms with Gasteiger partial charge in [0.05, 0.1) is 12.2 Å². The van der Waals surface area contributed by atoms with E-state index in [2.05, 4.69) is 25.7 Å². The van der Waals surface area contributed by atoms with Gasteiger partial charge >= 0.3 is 0 Å². The SMILES string of the molecule is C=CCOc1cccc(NC(=O)c2ccccc2OCCC(C)C)c1. The lowest BCUT2D eigenvalue weighted by molar-refractivity contribution is 0.102. The van der Waals surface area contributed by atoms with Crippen LogP contribution in [0.15, 0.2) is 61.2 Å². The smallest absolute Gasteiger partial charge is 0.259 e. The van der Waals surface area contributed by atoms with Crippen molar-refractivity contribution in [3.8, 4) is 11.5 Å². The molecule has 0 radical (unpaired) electrons. The third-order valence-electron chi connectivity index (χ3n) is 3.54. The van der Waals surface area contributed by atoms with E-state index in [1.807, 2.05) is 36.4 Å². The molecule has 0 atom stereocenters. The Labute approximate surface area is 149 Å². The monoisotopic (exact) mass is 339 g/mol. The van der Waals surface area contributed by atoms with Crippen LogP contribution in [0.4, 0.5) is 5.69 Å². The molecule has 0 aliphatic carbocycles. The Morgan fingerprint density at radius 2 is 1.96 bits per heavy atom. The molecule has 0 bridgehead atoms. The predicted octanol–water partition coefficient (Wildman–Crippen LogP) is 4.93. The maximum Gasteiger partial charge on any atom is 0.259 e. The molecule has 0 aliphatic rings. The quantitative estimate of drug-likeness (QED) is 0.659. The van der Waals surface area contributed by atoms with E-state index in [1.54, 1.807) is 18.2 Å². The Morgan fingerprint density at radius 3 is 2.72 bits per heavy atom. The molecule has 1 N–H and O–H groups in total. The molecule has 4 heteroatoms. The summed E-state index contributed by atoms with van der Waals surface area (Å²) in [5.41, 5.74) is 1.19. The number of ether oxygens (including phenoxy) is 2. The highest BCUT2D eigenvalue weighted by atomic mass is 16.5. The first-order chi connectivity index (χ1) is 12.1. The minimum atomic E-state index is -0.207. The van der Waals surface area contributed by atoms with Gasteiger partial charge in [-0.1, -0.05) is 44.7 Å². The molecule has 0 aromatic heterocycles. The van der Waals surface area contributed by atoms with Crippen molar-refractivity contribution in [2.45, 2.75) is 20.3 Å². The van der Waals surface area contributed by atoms with Gasteiger partial charge in [-0.15, -0.1) is 0 Å². The maximum atomic E-state index is 12.6. The number of hydrogen-bond donors (Lipinski definition) is 1. The summed E-state index contributed by atoms with van der Waals surface area (Å²) in [5, 5.41) is 2.89. The summed E-state index contributed by atoms with van der Waals surface area (Å²) in [6, 6.07) is 14.5. The Hall–Kier alpha value is -2.75. The second kappa shape index (κ2) is 9.52. The van der Waals surface area contributed by atoms with E-state index in [0.717, 1.165) is 6.42 Å². The fraction of sp³-hybridized carbons (Fsp3) is 0.286. The number of rotatable bonds is 9. The number of amides is 1. The molecule has 0 heterocycles. The minimum Gasteiger partial charge on any atom is -0.493 e. The van der Waals surface area contributed by atoms with Gasteiger partial charge in [0, 0.05) is 11.8 Å². The van der Waals surface area contributed by atoms with E-state index in [9.17, 15) is 4.79 Å². The molecule has 4 nitrogen and oxygen atoms in total. The lowest BCUT2D eigenvalue weighted by atomic mass is 10.1. The van der Waals surface area contributed by atoms with Gasteiger partial charge in [-0.3, -0.25) is 4.79 Å². The van der Waals surface area contributed by atoms with E-state index in [-0.39, 0.29) is 5.91 Å². The minimum absolute atomic E-state index is 0.207. The molecule has 2 aromatic rings. The number of para-hydroxylation sites is 1. The van der Waals surface area contributed by atoms with Crippen molar-refractivity contribution >= 4 is 11.6 Å². The zero-order valence-corrected chi connectivity index (χ0v) is 14.8. The second-order valence-electron chi connectivity index (χ2n) is 6.11. The van der Waals surface area contributed by atoms with Crippen LogP contribution in [0.25, 0.3) is 0 Å². The second-order valence-corrected chi connectivity index (χ2v) is 6.11. The molecule has 0 saturated heterocycles. The van der Waals surface area contributed by atoms with Gasteiger partial charge in [-0.25, -0.2) is 0 Å². The summed E-state index contributed by atoms with van der Waals surface area (Å²) >= 11 is 0. The van der Waals surface area contributed by atoms with Crippen LogP contribution >= 0.6 is 0 Å². The molecule has 2 aromatic carbocycles. The topological polar surface area (TPSA) is 47.6 Å². The summed E-state index contributed by atoms with van der Waals surface area (Å²) in [4.78, 5) is 12.6. The van der Waals surface area contributed by atoms with Crippen LogP contribution in [0.2, 0.25) is 0 Å². The first-order valence-electron chi connectivity index (χ1n) is 8.47. The number of carbonyl (C=O) groups is 1. The number of anilines is 1. The summed E-state index contributed by atoms with van der Waals surface area (Å²) in [5.74, 6) is 1.62. The van der Waals surface area contributed by atoms with Crippen molar-refractivity contribution < 1.29 is 14.3 Å². The highest BCUT2D eigenvalue weighted by Gasteiger charge is 2.13. The molecule has 1 amide bonds. The van der Waals surface area contributed by atoms with Crippen LogP contribution in [0, 0.1) is 5.92 Å². The largest absolute Gasteiger partial charge is 0.493 e. The van der Waals surface area contributed by atoms with Gasteiger partial charge in [-0.05, 0) is 36.6 Å². The van der Waals surface area contributed by atoms with E-state index in [0.29, 0.717) is 41.9 Å². The average molecular weight is 339 g/mol. The zero-order valence-electron chi connectivity index (χ0n) is 14.8. The molecule has 2 rings (SSSR count). The fourth-order valence-electron chi connectivity index (χ4n) is 2.20. The molecule has 0 unspecified atom stereocenters. The number of benzene rings is 2. The van der Waals surface area contributed by atoms with E-state index in [4.69, 9.17) is 9.47 Å². The normalized spacial score (nSPS) is 10.4. The van der Waals surface area contributed by atoms with Crippen molar-refractivity contribution in [3.63, 3.8) is 0 Å². The van der Waals surface area contributed by atoms with E-state index < -0.39 is 0 Å². The Bertz CT molecular complexity index is 710. The molecule has 25 heavy (non-hydrogen) atoms. The van der Waals surface area contributed by atoms with Crippen molar-refractivity contribution in [2.24, 2.45) is 5.92 Å². The van der Waals surface area contributed by atoms with Crippen molar-refractivity contribution in [1.29, 1.82) is 0 Å². The molecular formula is C21H25NO3. The van der Waals surface area contributed by atoms with Crippen LogP contribution in [-0.2, 0) is 0 Å². The zero-order chi connectivity index (χ0) is 18.1. The Balaban J connectivity index is 2.06. The molecule has 0 saturated carbocycles. The third-order valence-corrected chi connectivity index (χ3v) is 3.54. The average Bonchev–Trinajstić information content (AvgIpc) is 2.60. The molecule has 132 valence electrons. The van der Waals surface area contributed by atoms with E-state index in [1.165, 1.54) is 0 Å². The number of nitrogens with one attached hydrogen (secondary N) is 1. The predicted molar refractivity (Wildman–Crippen MR) is 101 cm³/mol. The lowest BCUT2D eigenvalue weighted by Gasteiger charge is -2.13. The first kappa shape index (κ1) is 18.6. The summed E-state index contributed by atoms with van der Waals surface area (Å²) in [6.45, 7) is 8.92. The van der Waals surface area contributed by atoms with Crippen LogP contribution in [0.1, 0.15) is 30.6 Å². The van der Waals surface area contributed by atoms with Gasteiger partial charge in [0.1, 0.15) is 18.1 Å². The van der Waals surface area contributed by atoms with Gasteiger partial charge < -0.3 is 14.8 Å². The lowest BCUT2D eigenvalue weighted by Crippen LogP contribution is -2.14. The fourth-order valence-corrected chi connectivity index (χ4v) is 2.20. The van der Waals surface area contributed by atoms with Crippen molar-refractivity contribution in [1.82, 2.24) is 0 Å². The molecule has 0 fully saturated rings. The first-order valence-corrected chi connectivity index (χ1v) is 8.47. The van der Waals surface area contributed by atoms with Gasteiger partial charge in [-0.2, -0.15) is 0 Å². The Kier molecular flexibility index (Phi) is 7.08. The number of hydrogen-bond acceptors (Lipinski definition) is 3. The van der Waals surface area contributed by atoms with E-state index >= 15 is 0 Å². The van der Waals surface area contributed by atoms with Crippen molar-refractivity contribution in [3.05, 3.63) is 66.7 Å². The molecular weight excluding hydrogens is 314 g/mol. The summed E-state index contributed by atoms with van der Waals surface area (Å²) < 4.78 is 11.3. The van der Waals surface area contributed by atoms with Crippen LogP contribution < -0.4 is 14.8 Å². The third kappa shape index (κ3) is 5.99. The van der Waals surface area contributed by atoms with Crippen molar-refractivity contribution in [2.75, 3.05) is 18.5 Å². The maximum absolute atomic E-state index is 12.6. The van der Waals surface area contributed by atoms with Gasteiger partial charge in [0.2, 0.25) is 0 Å². The summed E-state index contributed by atoms with van der Waals surface area (Å²) in [7, 11) is 0. The van der Waals surface area contributed by atoms with Crippen LogP contribution in [0.3, 0.4) is 0 Å². The van der Waals surface area contributed by atoms with Gasteiger partial charge in [0.15, 0.2) is 0 Å². The highest BCUT2D eigenvalue weighted by molar-refractivity contribution is 6.06. The highest BCUT2D eigenvalue weighted by Crippen LogP contribution is 2.22. The molecule has 0 spiro atoms. The summed E-state index contributed by atoms with van der Waals surface area (Å²) in [6.07, 6.45) is 2.62. The standard InChI is InChI=1S/C21H25NO3/c1-4-13-24-18-9-7-8-17(15-18)22-21(23)19-10-5-6-11-20(19)25-14-12-16(2)3/h4-11,15-16H,1,12-14H2,2-3H3,(H,22,23). The molecule has 0 aliphatic heterocycles.